The molecule has 2 N–H and O–H groups in total. The number of hydrogen-bond acceptors (Lipinski definition) is 17. The number of amides is 1. The smallest absolute Gasteiger partial charge is 0.337 e. The van der Waals surface area contributed by atoms with Crippen LogP contribution in [-0.4, -0.2) is 113 Å². The molecule has 0 saturated carbocycles. The number of aromatic hydroxyl groups is 2. The van der Waals surface area contributed by atoms with Gasteiger partial charge < -0.3 is 43.5 Å². The van der Waals surface area contributed by atoms with Gasteiger partial charge in [0.05, 0.1) is 42.5 Å². The van der Waals surface area contributed by atoms with Gasteiger partial charge in [0.15, 0.2) is 40.0 Å². The molecule has 7 atom stereocenters. The quantitative estimate of drug-likeness (QED) is 0.110. The summed E-state index contributed by atoms with van der Waals surface area (Å²) in [5.41, 5.74) is 2.18. The second-order valence-corrected chi connectivity index (χ2v) is 18.5. The molecule has 0 aromatic heterocycles. The Hall–Kier alpha value is -6.75. The number of thioether (sulfide) groups is 1. The highest BCUT2D eigenvalue weighted by molar-refractivity contribution is 7.99. The van der Waals surface area contributed by atoms with Gasteiger partial charge in [0, 0.05) is 71.3 Å². The summed E-state index contributed by atoms with van der Waals surface area (Å²) in [6.45, 7) is 4.28. The maximum absolute atomic E-state index is 15.6. The molecule has 7 heterocycles. The highest BCUT2D eigenvalue weighted by Crippen LogP contribution is 2.65. The molecule has 0 radical (unpaired) electrons. The van der Waals surface area contributed by atoms with Crippen molar-refractivity contribution >= 4 is 35.3 Å². The molecule has 4 bridgehead atoms. The molecule has 2 saturated heterocycles. The predicted molar refractivity (Wildman–Crippen MR) is 234 cm³/mol. The van der Waals surface area contributed by atoms with E-state index in [4.69, 9.17) is 28.4 Å². The number of fused-ring (bicyclic) bond motifs is 9. The Bertz CT molecular complexity index is 2850. The third-order valence-electron chi connectivity index (χ3n) is 14.2. The van der Waals surface area contributed by atoms with Crippen molar-refractivity contribution in [2.24, 2.45) is 0 Å². The Labute approximate surface area is 382 Å². The fourth-order valence-electron chi connectivity index (χ4n) is 11.5. The van der Waals surface area contributed by atoms with Crippen molar-refractivity contribution in [2.45, 2.75) is 74.6 Å². The second kappa shape index (κ2) is 15.7. The number of non-ortho nitro benzene ring substituents is 1. The molecule has 1 amide bonds. The van der Waals surface area contributed by atoms with Crippen LogP contribution in [-0.2, 0) is 32.7 Å². The lowest BCUT2D eigenvalue weighted by Gasteiger charge is -2.62. The normalized spacial score (nSPS) is 26.0. The van der Waals surface area contributed by atoms with Gasteiger partial charge in [-0.2, -0.15) is 5.26 Å². The van der Waals surface area contributed by atoms with Crippen molar-refractivity contribution < 1.29 is 57.9 Å². The second-order valence-electron chi connectivity index (χ2n) is 17.4. The fraction of sp³-hybridized carbons (Fsp3) is 0.404. The Morgan fingerprint density at radius 2 is 1.79 bits per heavy atom. The lowest BCUT2D eigenvalue weighted by atomic mass is 9.71. The van der Waals surface area contributed by atoms with Crippen LogP contribution in [0, 0.1) is 35.3 Å². The number of phenols is 2. The third kappa shape index (κ3) is 6.03. The van der Waals surface area contributed by atoms with Crippen LogP contribution in [0.3, 0.4) is 0 Å². The molecule has 7 aliphatic heterocycles. The molecule has 11 rings (SSSR count). The number of methoxy groups -OCH3 is 2. The first kappa shape index (κ1) is 43.2. The minimum absolute atomic E-state index is 0.0292. The van der Waals surface area contributed by atoms with Crippen molar-refractivity contribution in [1.82, 2.24) is 14.7 Å². The van der Waals surface area contributed by atoms with Crippen LogP contribution >= 0.6 is 11.8 Å². The first-order valence-electron chi connectivity index (χ1n) is 21.3. The molecule has 1 spiro atoms. The Balaban J connectivity index is 1.26. The van der Waals surface area contributed by atoms with Gasteiger partial charge in [-0.25, -0.2) is 4.79 Å². The number of nitro groups is 1. The van der Waals surface area contributed by atoms with Crippen LogP contribution in [0.2, 0.25) is 0 Å². The minimum Gasteiger partial charge on any atom is -0.504 e. The number of likely N-dealkylation sites (N-methyl/N-ethyl adjacent to an activating group) is 1. The molecule has 0 aliphatic carbocycles. The molecule has 0 unspecified atom stereocenters. The molecule has 19 heteroatoms. The number of nitro benzene ring substituents is 1. The number of aryl methyl sites for hydroxylation is 1. The van der Waals surface area contributed by atoms with Gasteiger partial charge in [-0.05, 0) is 74.2 Å². The molecule has 4 aromatic carbocycles. The van der Waals surface area contributed by atoms with E-state index in [-0.39, 0.29) is 59.8 Å². The van der Waals surface area contributed by atoms with Gasteiger partial charge in [0.2, 0.25) is 6.79 Å². The summed E-state index contributed by atoms with van der Waals surface area (Å²) in [5.74, 6) is -1.38. The number of carbonyl (C=O) groups is 3. The molecule has 66 heavy (non-hydrogen) atoms. The van der Waals surface area contributed by atoms with Crippen LogP contribution in [0.4, 0.5) is 5.69 Å². The van der Waals surface area contributed by atoms with Crippen LogP contribution in [0.1, 0.15) is 79.1 Å². The number of benzene rings is 4. The lowest BCUT2D eigenvalue weighted by molar-refractivity contribution is -0.384. The van der Waals surface area contributed by atoms with Gasteiger partial charge >= 0.3 is 11.9 Å². The van der Waals surface area contributed by atoms with Crippen LogP contribution in [0.15, 0.2) is 42.5 Å². The molecule has 7 aliphatic rings. The summed E-state index contributed by atoms with van der Waals surface area (Å²) < 4.78 is 36.4. The summed E-state index contributed by atoms with van der Waals surface area (Å²) in [6, 6.07) is 9.30. The van der Waals surface area contributed by atoms with E-state index in [9.17, 15) is 30.4 Å². The van der Waals surface area contributed by atoms with E-state index < -0.39 is 70.4 Å². The number of hydrogen-bond donors (Lipinski definition) is 2. The zero-order chi connectivity index (χ0) is 46.7. The molecule has 18 nitrogen and oxygen atoms in total. The minimum atomic E-state index is -1.97. The maximum Gasteiger partial charge on any atom is 0.337 e. The summed E-state index contributed by atoms with van der Waals surface area (Å²) >= 11 is 1.26. The number of phenolic OH excluding ortho intramolecular Hbond substituents is 2. The van der Waals surface area contributed by atoms with Crippen LogP contribution < -0.4 is 23.7 Å². The summed E-state index contributed by atoms with van der Waals surface area (Å²) in [5, 5.41) is 45.7. The van der Waals surface area contributed by atoms with Crippen molar-refractivity contribution in [1.29, 1.82) is 5.26 Å². The van der Waals surface area contributed by atoms with Gasteiger partial charge in [0.1, 0.15) is 18.4 Å². The first-order chi connectivity index (χ1) is 31.7. The zero-order valence-corrected chi connectivity index (χ0v) is 37.6. The van der Waals surface area contributed by atoms with Gasteiger partial charge in [0.25, 0.3) is 11.6 Å². The Morgan fingerprint density at radius 3 is 2.50 bits per heavy atom. The average molecular weight is 920 g/mol. The van der Waals surface area contributed by atoms with E-state index in [1.807, 2.05) is 24.9 Å². The summed E-state index contributed by atoms with van der Waals surface area (Å²) in [6.07, 6.45) is 0.584. The number of ether oxygens (including phenoxy) is 6. The highest BCUT2D eigenvalue weighted by Gasteiger charge is 2.63. The van der Waals surface area contributed by atoms with Crippen molar-refractivity contribution in [3.8, 4) is 46.3 Å². The summed E-state index contributed by atoms with van der Waals surface area (Å²) in [4.78, 5) is 60.8. The van der Waals surface area contributed by atoms with E-state index in [2.05, 4.69) is 11.0 Å². The lowest BCUT2D eigenvalue weighted by Crippen LogP contribution is -2.69. The number of rotatable bonds is 5. The highest BCUT2D eigenvalue weighted by atomic mass is 32.2. The monoisotopic (exact) mass is 919 g/mol. The topological polar surface area (TPSA) is 224 Å². The van der Waals surface area contributed by atoms with Gasteiger partial charge in [-0.1, -0.05) is 12.1 Å². The van der Waals surface area contributed by atoms with Crippen LogP contribution in [0.5, 0.6) is 40.2 Å². The number of nitriles is 1. The third-order valence-corrected chi connectivity index (χ3v) is 15.7. The first-order valence-corrected chi connectivity index (χ1v) is 22.4. The number of esters is 2. The number of nitrogens with zero attached hydrogens (tertiary/aromatic N) is 5. The van der Waals surface area contributed by atoms with Crippen molar-refractivity contribution in [2.75, 3.05) is 47.0 Å². The standard InChI is InChI=1S/C47H45N5O13S/c1-21-12-26-14-29-30(17-48)51-31-18-62-46(57)47(28-16-33(60-5)32(54)15-24(28)10-11-50(47)45(56)25-8-7-9-27(13-25)52(58)59)19-66-44(38(51)37(49(29)4)34(26)39(55)40(21)61-6)36-35(31)43-42(63-20-64-43)22(2)41(36)65-23(3)53/h7-9,12-13,15-16,29-31,37-38,44,54-55H,10-11,14,18-20H2,1-6H3/t29-,30-,31+,37+,38+,44+,47+/m0/s1. The molecule has 2 fully saturated rings. The summed E-state index contributed by atoms with van der Waals surface area (Å²) in [7, 11) is 4.77. The number of piperazine rings is 1. The molecule has 342 valence electrons. The Morgan fingerprint density at radius 1 is 1.02 bits per heavy atom. The Kier molecular flexibility index (Phi) is 10.3. The van der Waals surface area contributed by atoms with E-state index in [0.29, 0.717) is 62.6 Å². The molecular formula is C47H45N5O13S. The largest absolute Gasteiger partial charge is 0.504 e. The predicted octanol–water partition coefficient (Wildman–Crippen LogP) is 5.45. The van der Waals surface area contributed by atoms with Gasteiger partial charge in [-0.3, -0.25) is 29.5 Å². The SMILES string of the molecule is COc1cc2c(cc1O)CCN(C(=O)c1cccc([N+](=O)[O-])c1)[C@]21CS[C@@H]2c3c(OC(C)=O)c(C)c4c(c3[C@@H](COC1=O)N1[C@@H]2[C@H]2c3c(cc(C)c(OC)c3O)C[C@@H]([C@@H]1C#N)N2C)OCO4. The molecule has 4 aromatic rings. The van der Waals surface area contributed by atoms with Gasteiger partial charge in [-0.15, -0.1) is 11.8 Å². The maximum atomic E-state index is 15.6. The van der Waals surface area contributed by atoms with Crippen LogP contribution in [0.25, 0.3) is 0 Å². The van der Waals surface area contributed by atoms with E-state index in [0.717, 1.165) is 11.6 Å². The van der Waals surface area contributed by atoms with E-state index >= 15 is 9.59 Å². The molecular weight excluding hydrogens is 875 g/mol. The average Bonchev–Trinajstić information content (AvgIpc) is 3.79. The van der Waals surface area contributed by atoms with Crippen molar-refractivity contribution in [3.63, 3.8) is 0 Å². The van der Waals surface area contributed by atoms with Crippen molar-refractivity contribution in [3.05, 3.63) is 103 Å². The fourth-order valence-corrected chi connectivity index (χ4v) is 13.2. The van der Waals surface area contributed by atoms with E-state index in [1.165, 1.54) is 68.1 Å². The number of carbonyl (C=O) groups excluding carboxylic acids is 3. The zero-order valence-electron chi connectivity index (χ0n) is 36.8. The van der Waals surface area contributed by atoms with E-state index in [1.54, 1.807) is 6.92 Å².